The molecule has 0 heterocycles. The molecule has 0 saturated carbocycles. The Morgan fingerprint density at radius 2 is 1.85 bits per heavy atom. The van der Waals surface area contributed by atoms with Crippen LogP contribution in [0.5, 0.6) is 11.5 Å². The number of benzene rings is 1. The standard InChI is InChI=1S/C13H21NO5S/c1-10(15)7-8-14(2)20(16,17)11-5-6-12(18-3)13(9-11)19-4/h5-6,9-10,15H,7-8H2,1-4H3. The van der Waals surface area contributed by atoms with Crippen molar-refractivity contribution in [2.24, 2.45) is 0 Å². The van der Waals surface area contributed by atoms with Crippen molar-refractivity contribution in [2.45, 2.75) is 24.3 Å². The van der Waals surface area contributed by atoms with E-state index in [9.17, 15) is 13.5 Å². The van der Waals surface area contributed by atoms with E-state index in [-0.39, 0.29) is 11.4 Å². The van der Waals surface area contributed by atoms with Gasteiger partial charge in [-0.2, -0.15) is 0 Å². The highest BCUT2D eigenvalue weighted by atomic mass is 32.2. The normalized spacial score (nSPS) is 13.3. The maximum absolute atomic E-state index is 12.4. The predicted octanol–water partition coefficient (Wildman–Crippen LogP) is 1.10. The van der Waals surface area contributed by atoms with Gasteiger partial charge in [-0.15, -0.1) is 0 Å². The minimum absolute atomic E-state index is 0.128. The smallest absolute Gasteiger partial charge is 0.242 e. The first-order chi connectivity index (χ1) is 9.32. The van der Waals surface area contributed by atoms with E-state index in [1.54, 1.807) is 13.0 Å². The second kappa shape index (κ2) is 6.92. The van der Waals surface area contributed by atoms with E-state index in [0.29, 0.717) is 17.9 Å². The van der Waals surface area contributed by atoms with Gasteiger partial charge in [0.2, 0.25) is 10.0 Å². The zero-order valence-corrected chi connectivity index (χ0v) is 13.0. The van der Waals surface area contributed by atoms with Gasteiger partial charge < -0.3 is 14.6 Å². The van der Waals surface area contributed by atoms with Gasteiger partial charge in [0, 0.05) is 19.7 Å². The molecule has 114 valence electrons. The number of sulfonamides is 1. The zero-order chi connectivity index (χ0) is 15.3. The van der Waals surface area contributed by atoms with Gasteiger partial charge >= 0.3 is 0 Å². The van der Waals surface area contributed by atoms with E-state index >= 15 is 0 Å². The zero-order valence-electron chi connectivity index (χ0n) is 12.2. The number of rotatable bonds is 7. The lowest BCUT2D eigenvalue weighted by Gasteiger charge is -2.18. The summed E-state index contributed by atoms with van der Waals surface area (Å²) in [5, 5.41) is 9.23. The third-order valence-electron chi connectivity index (χ3n) is 2.92. The van der Waals surface area contributed by atoms with E-state index in [1.165, 1.54) is 37.7 Å². The summed E-state index contributed by atoms with van der Waals surface area (Å²) in [6.45, 7) is 1.87. The highest BCUT2D eigenvalue weighted by Crippen LogP contribution is 2.30. The molecule has 7 heteroatoms. The van der Waals surface area contributed by atoms with Crippen LogP contribution >= 0.6 is 0 Å². The summed E-state index contributed by atoms with van der Waals surface area (Å²) in [6, 6.07) is 4.44. The van der Waals surface area contributed by atoms with Crippen molar-refractivity contribution in [3.8, 4) is 11.5 Å². The van der Waals surface area contributed by atoms with Crippen LogP contribution in [-0.2, 0) is 10.0 Å². The van der Waals surface area contributed by atoms with Gasteiger partial charge in [0.15, 0.2) is 11.5 Å². The van der Waals surface area contributed by atoms with Crippen LogP contribution in [0.1, 0.15) is 13.3 Å². The summed E-state index contributed by atoms with van der Waals surface area (Å²) in [5.41, 5.74) is 0. The van der Waals surface area contributed by atoms with Gasteiger partial charge in [0.25, 0.3) is 0 Å². The quantitative estimate of drug-likeness (QED) is 0.816. The fourth-order valence-electron chi connectivity index (χ4n) is 1.65. The van der Waals surface area contributed by atoms with Crippen LogP contribution in [0, 0.1) is 0 Å². The maximum atomic E-state index is 12.4. The first-order valence-electron chi connectivity index (χ1n) is 6.19. The molecule has 0 radical (unpaired) electrons. The molecule has 0 saturated heterocycles. The monoisotopic (exact) mass is 303 g/mol. The Balaban J connectivity index is 3.03. The predicted molar refractivity (Wildman–Crippen MR) is 75.7 cm³/mol. The Labute approximate surface area is 120 Å². The number of methoxy groups -OCH3 is 2. The molecule has 1 aromatic carbocycles. The molecule has 20 heavy (non-hydrogen) atoms. The Morgan fingerprint density at radius 1 is 1.25 bits per heavy atom. The summed E-state index contributed by atoms with van der Waals surface area (Å²) < 4.78 is 36.1. The van der Waals surface area contributed by atoms with Crippen molar-refractivity contribution in [2.75, 3.05) is 27.8 Å². The van der Waals surface area contributed by atoms with Crippen LogP contribution in [0.2, 0.25) is 0 Å². The van der Waals surface area contributed by atoms with Crippen LogP contribution < -0.4 is 9.47 Å². The first kappa shape index (κ1) is 16.7. The second-order valence-electron chi connectivity index (χ2n) is 4.48. The van der Waals surface area contributed by atoms with Gasteiger partial charge in [-0.25, -0.2) is 12.7 Å². The molecule has 1 aromatic rings. The second-order valence-corrected chi connectivity index (χ2v) is 6.53. The number of aliphatic hydroxyl groups is 1. The average Bonchev–Trinajstić information content (AvgIpc) is 2.43. The largest absolute Gasteiger partial charge is 0.493 e. The van der Waals surface area contributed by atoms with Crippen molar-refractivity contribution in [3.63, 3.8) is 0 Å². The molecule has 1 N–H and O–H groups in total. The fraction of sp³-hybridized carbons (Fsp3) is 0.538. The Morgan fingerprint density at radius 3 is 2.35 bits per heavy atom. The van der Waals surface area contributed by atoms with Crippen LogP contribution in [-0.4, -0.2) is 51.7 Å². The molecule has 0 aliphatic heterocycles. The number of aliphatic hydroxyl groups excluding tert-OH is 1. The minimum atomic E-state index is -3.61. The topological polar surface area (TPSA) is 76.1 Å². The minimum Gasteiger partial charge on any atom is -0.493 e. The van der Waals surface area contributed by atoms with Gasteiger partial charge in [0.1, 0.15) is 0 Å². The molecule has 1 unspecified atom stereocenters. The number of hydrogen-bond acceptors (Lipinski definition) is 5. The van der Waals surface area contributed by atoms with Gasteiger partial charge in [-0.3, -0.25) is 0 Å². The van der Waals surface area contributed by atoms with Crippen LogP contribution in [0.15, 0.2) is 23.1 Å². The van der Waals surface area contributed by atoms with E-state index in [4.69, 9.17) is 9.47 Å². The molecule has 6 nitrogen and oxygen atoms in total. The molecule has 1 atom stereocenters. The van der Waals surface area contributed by atoms with E-state index in [0.717, 1.165) is 0 Å². The summed E-state index contributed by atoms with van der Waals surface area (Å²) in [6.07, 6.45) is -0.165. The van der Waals surface area contributed by atoms with Crippen molar-refractivity contribution in [1.82, 2.24) is 4.31 Å². The highest BCUT2D eigenvalue weighted by Gasteiger charge is 2.22. The molecule has 1 rings (SSSR count). The molecule has 0 bridgehead atoms. The lowest BCUT2D eigenvalue weighted by molar-refractivity contribution is 0.177. The van der Waals surface area contributed by atoms with Crippen molar-refractivity contribution < 1.29 is 23.0 Å². The number of ether oxygens (including phenoxy) is 2. The molecule has 0 aliphatic carbocycles. The number of hydrogen-bond donors (Lipinski definition) is 1. The fourth-order valence-corrected chi connectivity index (χ4v) is 2.85. The Hall–Kier alpha value is -1.31. The molecule has 0 aliphatic rings. The van der Waals surface area contributed by atoms with Crippen molar-refractivity contribution in [3.05, 3.63) is 18.2 Å². The number of nitrogens with zero attached hydrogens (tertiary/aromatic N) is 1. The third-order valence-corrected chi connectivity index (χ3v) is 4.78. The molecule has 0 fully saturated rings. The highest BCUT2D eigenvalue weighted by molar-refractivity contribution is 7.89. The van der Waals surface area contributed by atoms with Crippen LogP contribution in [0.3, 0.4) is 0 Å². The third kappa shape index (κ3) is 3.84. The van der Waals surface area contributed by atoms with Crippen LogP contribution in [0.4, 0.5) is 0 Å². The SMILES string of the molecule is COc1ccc(S(=O)(=O)N(C)CCC(C)O)cc1OC. The molecular weight excluding hydrogens is 282 g/mol. The molecular formula is C13H21NO5S. The van der Waals surface area contributed by atoms with Gasteiger partial charge in [-0.05, 0) is 25.5 Å². The van der Waals surface area contributed by atoms with Crippen LogP contribution in [0.25, 0.3) is 0 Å². The lowest BCUT2D eigenvalue weighted by Crippen LogP contribution is -2.29. The maximum Gasteiger partial charge on any atom is 0.242 e. The van der Waals surface area contributed by atoms with Gasteiger partial charge in [-0.1, -0.05) is 0 Å². The molecule has 0 aromatic heterocycles. The summed E-state index contributed by atoms with van der Waals surface area (Å²) in [5.74, 6) is 0.829. The van der Waals surface area contributed by atoms with Crippen molar-refractivity contribution in [1.29, 1.82) is 0 Å². The van der Waals surface area contributed by atoms with Gasteiger partial charge in [0.05, 0.1) is 25.2 Å². The first-order valence-corrected chi connectivity index (χ1v) is 7.63. The molecule has 0 spiro atoms. The summed E-state index contributed by atoms with van der Waals surface area (Å²) in [7, 11) is 0.812. The van der Waals surface area contributed by atoms with E-state index < -0.39 is 16.1 Å². The molecule has 0 amide bonds. The Bertz CT molecular complexity index is 542. The van der Waals surface area contributed by atoms with Crippen molar-refractivity contribution >= 4 is 10.0 Å². The Kier molecular flexibility index (Phi) is 5.79. The van der Waals surface area contributed by atoms with E-state index in [2.05, 4.69) is 0 Å². The summed E-state index contributed by atoms with van der Waals surface area (Å²) >= 11 is 0. The lowest BCUT2D eigenvalue weighted by atomic mass is 10.3. The summed E-state index contributed by atoms with van der Waals surface area (Å²) in [4.78, 5) is 0.128. The average molecular weight is 303 g/mol. The van der Waals surface area contributed by atoms with E-state index in [1.807, 2.05) is 0 Å².